The van der Waals surface area contributed by atoms with Crippen molar-refractivity contribution < 1.29 is 14.2 Å². The lowest BCUT2D eigenvalue weighted by Crippen LogP contribution is -2.15. The van der Waals surface area contributed by atoms with E-state index in [4.69, 9.17) is 37.4 Å². The summed E-state index contributed by atoms with van der Waals surface area (Å²) in [5.41, 5.74) is 0.798. The normalized spacial score (nSPS) is 16.6. The van der Waals surface area contributed by atoms with Crippen LogP contribution in [0.1, 0.15) is 12.0 Å². The third-order valence-corrected chi connectivity index (χ3v) is 5.01. The third kappa shape index (κ3) is 4.08. The number of nitrogens with zero attached hydrogens (tertiary/aromatic N) is 3. The molecule has 1 aliphatic heterocycles. The summed E-state index contributed by atoms with van der Waals surface area (Å²) in [4.78, 5) is 3.95. The molecule has 3 heterocycles. The van der Waals surface area contributed by atoms with E-state index in [0.29, 0.717) is 35.6 Å². The Hall–Kier alpha value is -2.15. The molecule has 4 rings (SSSR count). The molecular weight excluding hydrogens is 389 g/mol. The Morgan fingerprint density at radius 1 is 1.11 bits per heavy atom. The number of fused-ring (bicyclic) bond motifs is 1. The van der Waals surface area contributed by atoms with Gasteiger partial charge in [0.25, 0.3) is 0 Å². The number of halogens is 2. The number of hydrogen-bond donors (Lipinski definition) is 0. The summed E-state index contributed by atoms with van der Waals surface area (Å²) in [6, 6.07) is 5.77. The van der Waals surface area contributed by atoms with Crippen molar-refractivity contribution >= 4 is 34.0 Å². The van der Waals surface area contributed by atoms with Gasteiger partial charge in [0.1, 0.15) is 11.9 Å². The second-order valence-electron chi connectivity index (χ2n) is 6.15. The average molecular weight is 406 g/mol. The topological polar surface area (TPSA) is 66.4 Å². The number of ether oxygens (including phenoxy) is 3. The summed E-state index contributed by atoms with van der Waals surface area (Å²) < 4.78 is 17.3. The van der Waals surface area contributed by atoms with Gasteiger partial charge in [-0.25, -0.2) is 0 Å². The second kappa shape index (κ2) is 8.25. The summed E-state index contributed by atoms with van der Waals surface area (Å²) in [7, 11) is 0. The van der Waals surface area contributed by atoms with Crippen LogP contribution in [-0.2, 0) is 11.2 Å². The molecule has 6 nitrogen and oxygen atoms in total. The zero-order valence-electron chi connectivity index (χ0n) is 14.4. The standard InChI is InChI=1S/C19H17Cl2N3O3/c20-16-9-22-10-17(21)14(16)5-7-26-19-13-2-1-3-18(15(13)8-23-24-19)27-12-4-6-25-11-12/h1-3,8-10,12H,4-7,11H2. The van der Waals surface area contributed by atoms with E-state index in [1.165, 1.54) is 0 Å². The Morgan fingerprint density at radius 3 is 2.74 bits per heavy atom. The highest BCUT2D eigenvalue weighted by molar-refractivity contribution is 6.35. The molecule has 0 amide bonds. The van der Waals surface area contributed by atoms with Crippen molar-refractivity contribution in [2.24, 2.45) is 0 Å². The molecule has 0 N–H and O–H groups in total. The maximum atomic E-state index is 6.15. The number of benzene rings is 1. The number of aromatic nitrogens is 3. The van der Waals surface area contributed by atoms with Crippen molar-refractivity contribution in [1.82, 2.24) is 15.2 Å². The Kier molecular flexibility index (Phi) is 5.57. The van der Waals surface area contributed by atoms with Gasteiger partial charge in [-0.15, -0.1) is 5.10 Å². The first-order valence-electron chi connectivity index (χ1n) is 8.62. The van der Waals surface area contributed by atoms with E-state index >= 15 is 0 Å². The lowest BCUT2D eigenvalue weighted by Gasteiger charge is -2.15. The Morgan fingerprint density at radius 2 is 1.96 bits per heavy atom. The highest BCUT2D eigenvalue weighted by Gasteiger charge is 2.19. The maximum Gasteiger partial charge on any atom is 0.241 e. The highest BCUT2D eigenvalue weighted by Crippen LogP contribution is 2.31. The van der Waals surface area contributed by atoms with Crippen LogP contribution in [0.25, 0.3) is 10.8 Å². The third-order valence-electron chi connectivity index (χ3n) is 4.36. The zero-order chi connectivity index (χ0) is 18.6. The fourth-order valence-corrected chi connectivity index (χ4v) is 3.53. The summed E-state index contributed by atoms with van der Waals surface area (Å²) in [6.07, 6.45) is 6.29. The molecule has 1 aliphatic rings. The van der Waals surface area contributed by atoms with Gasteiger partial charge < -0.3 is 14.2 Å². The quantitative estimate of drug-likeness (QED) is 0.614. The van der Waals surface area contributed by atoms with E-state index < -0.39 is 0 Å². The first-order valence-corrected chi connectivity index (χ1v) is 9.37. The first kappa shape index (κ1) is 18.2. The molecule has 27 heavy (non-hydrogen) atoms. The van der Waals surface area contributed by atoms with Crippen LogP contribution in [-0.4, -0.2) is 41.1 Å². The van der Waals surface area contributed by atoms with Crippen molar-refractivity contribution in [2.45, 2.75) is 18.9 Å². The van der Waals surface area contributed by atoms with Crippen molar-refractivity contribution in [3.05, 3.63) is 52.4 Å². The van der Waals surface area contributed by atoms with Gasteiger partial charge in [-0.1, -0.05) is 29.3 Å². The SMILES string of the molecule is Clc1cncc(Cl)c1CCOc1nncc2c(OC3CCOC3)cccc12. The Balaban J connectivity index is 1.52. The van der Waals surface area contributed by atoms with Crippen molar-refractivity contribution in [2.75, 3.05) is 19.8 Å². The van der Waals surface area contributed by atoms with Crippen LogP contribution in [0.4, 0.5) is 0 Å². The van der Waals surface area contributed by atoms with Crippen LogP contribution >= 0.6 is 23.2 Å². The number of rotatable bonds is 6. The van der Waals surface area contributed by atoms with Crippen molar-refractivity contribution in [3.8, 4) is 11.6 Å². The molecule has 0 spiro atoms. The van der Waals surface area contributed by atoms with E-state index in [9.17, 15) is 0 Å². The average Bonchev–Trinajstić information content (AvgIpc) is 3.18. The number of hydrogen-bond acceptors (Lipinski definition) is 6. The minimum atomic E-state index is 0.0594. The van der Waals surface area contributed by atoms with Gasteiger partial charge in [0.2, 0.25) is 5.88 Å². The second-order valence-corrected chi connectivity index (χ2v) is 6.97. The van der Waals surface area contributed by atoms with Gasteiger partial charge in [0.05, 0.1) is 41.4 Å². The molecule has 0 bridgehead atoms. The number of pyridine rings is 1. The molecule has 1 unspecified atom stereocenters. The lowest BCUT2D eigenvalue weighted by molar-refractivity contribution is 0.142. The van der Waals surface area contributed by atoms with Gasteiger partial charge in [-0.05, 0) is 17.7 Å². The molecular formula is C19H17Cl2N3O3. The fraction of sp³-hybridized carbons (Fsp3) is 0.316. The van der Waals surface area contributed by atoms with Gasteiger partial charge >= 0.3 is 0 Å². The highest BCUT2D eigenvalue weighted by atomic mass is 35.5. The van der Waals surface area contributed by atoms with Gasteiger partial charge in [-0.2, -0.15) is 5.10 Å². The predicted molar refractivity (Wildman–Crippen MR) is 103 cm³/mol. The largest absolute Gasteiger partial charge is 0.487 e. The van der Waals surface area contributed by atoms with Crippen LogP contribution in [0, 0.1) is 0 Å². The molecule has 8 heteroatoms. The van der Waals surface area contributed by atoms with E-state index in [1.807, 2.05) is 18.2 Å². The van der Waals surface area contributed by atoms with Crippen molar-refractivity contribution in [3.63, 3.8) is 0 Å². The molecule has 1 atom stereocenters. The lowest BCUT2D eigenvalue weighted by atomic mass is 10.1. The first-order chi connectivity index (χ1) is 13.2. The summed E-state index contributed by atoms with van der Waals surface area (Å²) in [5, 5.41) is 10.9. The van der Waals surface area contributed by atoms with Gasteiger partial charge in [0, 0.05) is 30.6 Å². The van der Waals surface area contributed by atoms with E-state index in [2.05, 4.69) is 15.2 Å². The van der Waals surface area contributed by atoms with E-state index in [1.54, 1.807) is 18.6 Å². The molecule has 1 saturated heterocycles. The smallest absolute Gasteiger partial charge is 0.241 e. The van der Waals surface area contributed by atoms with E-state index in [-0.39, 0.29) is 6.10 Å². The van der Waals surface area contributed by atoms with Crippen LogP contribution in [0.2, 0.25) is 10.0 Å². The van der Waals surface area contributed by atoms with E-state index in [0.717, 1.165) is 35.1 Å². The molecule has 1 aromatic carbocycles. The molecule has 140 valence electrons. The summed E-state index contributed by atoms with van der Waals surface area (Å²) >= 11 is 12.3. The molecule has 3 aromatic rings. The van der Waals surface area contributed by atoms with Crippen LogP contribution in [0.15, 0.2) is 36.8 Å². The Bertz CT molecular complexity index is 928. The van der Waals surface area contributed by atoms with Crippen LogP contribution < -0.4 is 9.47 Å². The maximum absolute atomic E-state index is 6.15. The minimum Gasteiger partial charge on any atom is -0.487 e. The van der Waals surface area contributed by atoms with Gasteiger partial charge in [-0.3, -0.25) is 4.98 Å². The molecule has 0 radical (unpaired) electrons. The van der Waals surface area contributed by atoms with Crippen molar-refractivity contribution in [1.29, 1.82) is 0 Å². The molecule has 2 aromatic heterocycles. The molecule has 1 fully saturated rings. The predicted octanol–water partition coefficient (Wildman–Crippen LogP) is 4.12. The Labute approximate surface area is 166 Å². The van der Waals surface area contributed by atoms with Crippen LogP contribution in [0.5, 0.6) is 11.6 Å². The molecule has 0 aliphatic carbocycles. The van der Waals surface area contributed by atoms with Crippen LogP contribution in [0.3, 0.4) is 0 Å². The molecule has 0 saturated carbocycles. The monoisotopic (exact) mass is 405 g/mol. The zero-order valence-corrected chi connectivity index (χ0v) is 15.9. The van der Waals surface area contributed by atoms with Gasteiger partial charge in [0.15, 0.2) is 0 Å². The summed E-state index contributed by atoms with van der Waals surface area (Å²) in [6.45, 7) is 1.69. The minimum absolute atomic E-state index is 0.0594. The fourth-order valence-electron chi connectivity index (χ4n) is 2.98. The summed E-state index contributed by atoms with van der Waals surface area (Å²) in [5.74, 6) is 1.20.